The molecule has 0 heterocycles. The van der Waals surface area contributed by atoms with E-state index in [9.17, 15) is 0 Å². The molecule has 0 bridgehead atoms. The van der Waals surface area contributed by atoms with Crippen molar-refractivity contribution in [2.75, 3.05) is 5.32 Å². The van der Waals surface area contributed by atoms with E-state index in [0.29, 0.717) is 5.03 Å². The fourth-order valence-electron chi connectivity index (χ4n) is 1.62. The van der Waals surface area contributed by atoms with Gasteiger partial charge in [-0.3, -0.25) is 0 Å². The number of halogens is 1. The smallest absolute Gasteiger partial charge is 0.0458 e. The summed E-state index contributed by atoms with van der Waals surface area (Å²) in [6.45, 7) is 3.65. The van der Waals surface area contributed by atoms with Crippen LogP contribution in [-0.2, 0) is 0 Å². The molecule has 0 aromatic heterocycles. The van der Waals surface area contributed by atoms with Gasteiger partial charge < -0.3 is 5.32 Å². The maximum Gasteiger partial charge on any atom is 0.0458 e. The van der Waals surface area contributed by atoms with Gasteiger partial charge in [-0.25, -0.2) is 0 Å². The molecule has 90 valence electrons. The Morgan fingerprint density at radius 3 is 2.39 bits per heavy atom. The number of nitrogens with one attached hydrogen (secondary N) is 1. The van der Waals surface area contributed by atoms with E-state index < -0.39 is 0 Å². The van der Waals surface area contributed by atoms with Gasteiger partial charge in [0.2, 0.25) is 0 Å². The lowest BCUT2D eigenvalue weighted by Gasteiger charge is -2.09. The monoisotopic (exact) mass is 255 g/mol. The Morgan fingerprint density at radius 2 is 1.67 bits per heavy atom. The number of hydrogen-bond donors (Lipinski definition) is 1. The Kier molecular flexibility index (Phi) is 4.21. The first-order valence-electron chi connectivity index (χ1n) is 5.70. The molecule has 0 aliphatic carbocycles. The average molecular weight is 256 g/mol. The molecule has 2 aromatic carbocycles. The van der Waals surface area contributed by atoms with Crippen LogP contribution in [0.5, 0.6) is 0 Å². The molecule has 2 aromatic rings. The van der Waals surface area contributed by atoms with Crippen molar-refractivity contribution < 1.29 is 0 Å². The van der Waals surface area contributed by atoms with Crippen LogP contribution < -0.4 is 5.32 Å². The summed E-state index contributed by atoms with van der Waals surface area (Å²) in [7, 11) is 0. The molecule has 2 heteroatoms. The molecule has 0 aliphatic rings. The summed E-state index contributed by atoms with van der Waals surface area (Å²) in [5, 5.41) is 3.99. The van der Waals surface area contributed by atoms with Gasteiger partial charge in [0.15, 0.2) is 0 Å². The summed E-state index contributed by atoms with van der Waals surface area (Å²) >= 11 is 5.99. The summed E-state index contributed by atoms with van der Waals surface area (Å²) in [5.74, 6) is 0. The molecule has 0 fully saturated rings. The van der Waals surface area contributed by atoms with Gasteiger partial charge in [0, 0.05) is 16.4 Å². The molecule has 0 atom stereocenters. The minimum atomic E-state index is 0.623. The Hall–Kier alpha value is -1.99. The fourth-order valence-corrected chi connectivity index (χ4v) is 1.74. The van der Waals surface area contributed by atoms with Gasteiger partial charge in [-0.2, -0.15) is 0 Å². The van der Waals surface area contributed by atoms with Crippen LogP contribution in [0.4, 0.5) is 11.4 Å². The molecule has 0 saturated carbocycles. The van der Waals surface area contributed by atoms with Gasteiger partial charge in [0.1, 0.15) is 0 Å². The standard InChI is InChI=1S/C16H14ClN/c1-2-14(17)12-13-8-6-7-11-16(13)18-15-9-4-3-5-10-15/h2-12,18H,1H2/b14-12-. The van der Waals surface area contributed by atoms with Crippen molar-refractivity contribution in [2.24, 2.45) is 0 Å². The third-order valence-corrected chi connectivity index (χ3v) is 2.77. The van der Waals surface area contributed by atoms with Crippen LogP contribution in [0.2, 0.25) is 0 Å². The first-order chi connectivity index (χ1) is 8.79. The zero-order valence-electron chi connectivity index (χ0n) is 9.94. The number of hydrogen-bond acceptors (Lipinski definition) is 1. The van der Waals surface area contributed by atoms with E-state index in [1.165, 1.54) is 0 Å². The average Bonchev–Trinajstić information content (AvgIpc) is 2.42. The van der Waals surface area contributed by atoms with Gasteiger partial charge in [-0.05, 0) is 29.8 Å². The van der Waals surface area contributed by atoms with Crippen LogP contribution in [0.25, 0.3) is 6.08 Å². The fraction of sp³-hybridized carbons (Fsp3) is 0. The predicted octanol–water partition coefficient (Wildman–Crippen LogP) is 5.20. The van der Waals surface area contributed by atoms with E-state index in [-0.39, 0.29) is 0 Å². The van der Waals surface area contributed by atoms with Crippen molar-refractivity contribution in [3.63, 3.8) is 0 Å². The van der Waals surface area contributed by atoms with E-state index in [2.05, 4.69) is 11.9 Å². The number of para-hydroxylation sites is 2. The number of rotatable bonds is 4. The molecule has 0 aliphatic heterocycles. The third kappa shape index (κ3) is 3.25. The van der Waals surface area contributed by atoms with Gasteiger partial charge in [0.25, 0.3) is 0 Å². The summed E-state index contributed by atoms with van der Waals surface area (Å²) in [6, 6.07) is 18.0. The van der Waals surface area contributed by atoms with Gasteiger partial charge in [-0.15, -0.1) is 0 Å². The van der Waals surface area contributed by atoms with E-state index in [4.69, 9.17) is 11.6 Å². The summed E-state index contributed by atoms with van der Waals surface area (Å²) in [4.78, 5) is 0. The maximum absolute atomic E-state index is 5.99. The molecule has 0 unspecified atom stereocenters. The molecule has 0 amide bonds. The lowest BCUT2D eigenvalue weighted by molar-refractivity contribution is 1.53. The normalized spacial score (nSPS) is 11.1. The van der Waals surface area contributed by atoms with E-state index in [1.807, 2.05) is 60.7 Å². The van der Waals surface area contributed by atoms with Gasteiger partial charge in [-0.1, -0.05) is 60.7 Å². The van der Waals surface area contributed by atoms with Crippen molar-refractivity contribution in [1.29, 1.82) is 0 Å². The molecule has 18 heavy (non-hydrogen) atoms. The molecular weight excluding hydrogens is 242 g/mol. The molecule has 0 radical (unpaired) electrons. The zero-order valence-corrected chi connectivity index (χ0v) is 10.7. The number of allylic oxidation sites excluding steroid dienone is 2. The SMILES string of the molecule is C=C/C(Cl)=C/c1ccccc1Nc1ccccc1. The lowest BCUT2D eigenvalue weighted by Crippen LogP contribution is -1.92. The zero-order chi connectivity index (χ0) is 12.8. The molecule has 2 rings (SSSR count). The summed E-state index contributed by atoms with van der Waals surface area (Å²) < 4.78 is 0. The lowest BCUT2D eigenvalue weighted by atomic mass is 10.1. The number of benzene rings is 2. The van der Waals surface area contributed by atoms with Crippen LogP contribution in [0, 0.1) is 0 Å². The van der Waals surface area contributed by atoms with Crippen LogP contribution in [0.1, 0.15) is 5.56 Å². The maximum atomic E-state index is 5.99. The van der Waals surface area contributed by atoms with Crippen LogP contribution in [0.15, 0.2) is 72.3 Å². The van der Waals surface area contributed by atoms with Crippen LogP contribution in [0.3, 0.4) is 0 Å². The van der Waals surface area contributed by atoms with E-state index in [1.54, 1.807) is 6.08 Å². The second-order valence-electron chi connectivity index (χ2n) is 3.81. The molecule has 0 saturated heterocycles. The Balaban J connectivity index is 2.31. The minimum Gasteiger partial charge on any atom is -0.355 e. The Morgan fingerprint density at radius 1 is 1.00 bits per heavy atom. The van der Waals surface area contributed by atoms with Crippen LogP contribution >= 0.6 is 11.6 Å². The molecule has 1 nitrogen and oxygen atoms in total. The van der Waals surface area contributed by atoms with E-state index in [0.717, 1.165) is 16.9 Å². The highest BCUT2D eigenvalue weighted by atomic mass is 35.5. The number of anilines is 2. The van der Waals surface area contributed by atoms with Crippen molar-refractivity contribution >= 4 is 29.1 Å². The van der Waals surface area contributed by atoms with E-state index >= 15 is 0 Å². The highest BCUT2D eigenvalue weighted by Crippen LogP contribution is 2.23. The van der Waals surface area contributed by atoms with Crippen molar-refractivity contribution in [3.8, 4) is 0 Å². The van der Waals surface area contributed by atoms with Crippen molar-refractivity contribution in [3.05, 3.63) is 77.8 Å². The Labute approximate surface area is 112 Å². The first kappa shape index (κ1) is 12.5. The molecule has 0 spiro atoms. The second-order valence-corrected chi connectivity index (χ2v) is 4.25. The largest absolute Gasteiger partial charge is 0.355 e. The quantitative estimate of drug-likeness (QED) is 0.741. The topological polar surface area (TPSA) is 12.0 Å². The van der Waals surface area contributed by atoms with Crippen LogP contribution in [-0.4, -0.2) is 0 Å². The highest BCUT2D eigenvalue weighted by Gasteiger charge is 1.99. The minimum absolute atomic E-state index is 0.623. The van der Waals surface area contributed by atoms with Crippen molar-refractivity contribution in [1.82, 2.24) is 0 Å². The predicted molar refractivity (Wildman–Crippen MR) is 80.2 cm³/mol. The second kappa shape index (κ2) is 6.08. The molecule has 1 N–H and O–H groups in total. The Bertz CT molecular complexity index is 558. The first-order valence-corrected chi connectivity index (χ1v) is 6.08. The van der Waals surface area contributed by atoms with Crippen molar-refractivity contribution in [2.45, 2.75) is 0 Å². The summed E-state index contributed by atoms with van der Waals surface area (Å²) in [6.07, 6.45) is 3.51. The highest BCUT2D eigenvalue weighted by molar-refractivity contribution is 6.33. The van der Waals surface area contributed by atoms with Gasteiger partial charge >= 0.3 is 0 Å². The summed E-state index contributed by atoms with van der Waals surface area (Å²) in [5.41, 5.74) is 3.10. The third-order valence-electron chi connectivity index (χ3n) is 2.50. The van der Waals surface area contributed by atoms with Gasteiger partial charge in [0.05, 0.1) is 0 Å². The molecular formula is C16H14ClN.